The Labute approximate surface area is 201 Å². The average Bonchev–Trinajstić information content (AvgIpc) is 2.76. The SMILES string of the molecule is CCCCCc1cc(OC(=O)CCCN(CC)CC)c2c(c1)OC(C)(C)[C@@H]1CCC(C)=C[C@H]21. The van der Waals surface area contributed by atoms with Gasteiger partial charge in [0.1, 0.15) is 17.1 Å². The number of esters is 1. The highest BCUT2D eigenvalue weighted by molar-refractivity contribution is 5.74. The molecule has 1 heterocycles. The van der Waals surface area contributed by atoms with Crippen LogP contribution >= 0.6 is 0 Å². The lowest BCUT2D eigenvalue weighted by Gasteiger charge is -2.46. The van der Waals surface area contributed by atoms with E-state index in [0.717, 1.165) is 68.8 Å². The summed E-state index contributed by atoms with van der Waals surface area (Å²) in [5.41, 5.74) is 3.47. The summed E-state index contributed by atoms with van der Waals surface area (Å²) >= 11 is 0. The quantitative estimate of drug-likeness (QED) is 0.155. The van der Waals surface area contributed by atoms with Gasteiger partial charge in [0.05, 0.1) is 0 Å². The van der Waals surface area contributed by atoms with Crippen molar-refractivity contribution >= 4 is 5.97 Å². The minimum Gasteiger partial charge on any atom is -0.487 e. The van der Waals surface area contributed by atoms with E-state index in [9.17, 15) is 4.79 Å². The van der Waals surface area contributed by atoms with Crippen LogP contribution in [0.1, 0.15) is 104 Å². The van der Waals surface area contributed by atoms with E-state index in [1.54, 1.807) is 0 Å². The highest BCUT2D eigenvalue weighted by atomic mass is 16.5. The molecule has 3 rings (SSSR count). The van der Waals surface area contributed by atoms with Gasteiger partial charge in [-0.05, 0) is 90.2 Å². The molecule has 2 atom stereocenters. The van der Waals surface area contributed by atoms with Crippen LogP contribution in [-0.4, -0.2) is 36.1 Å². The Morgan fingerprint density at radius 2 is 1.91 bits per heavy atom. The number of benzene rings is 1. The lowest BCUT2D eigenvalue weighted by Crippen LogP contribution is -2.45. The topological polar surface area (TPSA) is 38.8 Å². The third-order valence-electron chi connectivity index (χ3n) is 7.55. The fourth-order valence-electron chi connectivity index (χ4n) is 5.53. The molecule has 184 valence electrons. The number of nitrogens with zero attached hydrogens (tertiary/aromatic N) is 1. The van der Waals surface area contributed by atoms with Gasteiger partial charge < -0.3 is 14.4 Å². The van der Waals surface area contributed by atoms with Crippen LogP contribution in [0.5, 0.6) is 11.5 Å². The molecule has 0 N–H and O–H groups in total. The number of carbonyl (C=O) groups excluding carboxylic acids is 1. The number of allylic oxidation sites excluding steroid dienone is 2. The summed E-state index contributed by atoms with van der Waals surface area (Å²) in [4.78, 5) is 15.2. The lowest BCUT2D eigenvalue weighted by atomic mass is 9.68. The van der Waals surface area contributed by atoms with Crippen molar-refractivity contribution in [2.75, 3.05) is 19.6 Å². The summed E-state index contributed by atoms with van der Waals surface area (Å²) in [6.07, 6.45) is 10.4. The zero-order valence-corrected chi connectivity index (χ0v) is 21.8. The van der Waals surface area contributed by atoms with E-state index in [1.165, 1.54) is 24.0 Å². The molecule has 0 amide bonds. The Hall–Kier alpha value is -1.81. The normalized spacial score (nSPS) is 21.1. The molecule has 0 bridgehead atoms. The smallest absolute Gasteiger partial charge is 0.311 e. The molecule has 0 radical (unpaired) electrons. The Morgan fingerprint density at radius 3 is 2.61 bits per heavy atom. The lowest BCUT2D eigenvalue weighted by molar-refractivity contribution is -0.134. The second-order valence-corrected chi connectivity index (χ2v) is 10.5. The molecule has 0 aromatic heterocycles. The average molecular weight is 456 g/mol. The number of fused-ring (bicyclic) bond motifs is 3. The Bertz CT molecular complexity index is 838. The van der Waals surface area contributed by atoms with Gasteiger partial charge in [-0.2, -0.15) is 0 Å². The standard InChI is InChI=1S/C29H45NO3/c1-7-10-11-13-22-19-25(32-27(31)14-12-17-30(8-2)9-3)28-23-18-21(4)15-16-24(23)29(5,6)33-26(28)20-22/h18-20,23-24H,7-17H2,1-6H3/t23-,24+/m0/s1. The van der Waals surface area contributed by atoms with E-state index in [2.05, 4.69) is 64.7 Å². The molecular weight excluding hydrogens is 410 g/mol. The second kappa shape index (κ2) is 11.6. The first-order chi connectivity index (χ1) is 15.8. The number of aryl methyl sites for hydroxylation is 1. The molecule has 4 heteroatoms. The number of rotatable bonds is 11. The summed E-state index contributed by atoms with van der Waals surface area (Å²) < 4.78 is 12.7. The van der Waals surface area contributed by atoms with Crippen molar-refractivity contribution < 1.29 is 14.3 Å². The van der Waals surface area contributed by atoms with Crippen molar-refractivity contribution in [1.29, 1.82) is 0 Å². The summed E-state index contributed by atoms with van der Waals surface area (Å²) in [6.45, 7) is 16.2. The summed E-state index contributed by atoms with van der Waals surface area (Å²) in [7, 11) is 0. The van der Waals surface area contributed by atoms with E-state index in [1.807, 2.05) is 0 Å². The summed E-state index contributed by atoms with van der Waals surface area (Å²) in [5, 5.41) is 0. The van der Waals surface area contributed by atoms with Gasteiger partial charge >= 0.3 is 5.97 Å². The molecule has 1 aliphatic heterocycles. The molecule has 0 spiro atoms. The van der Waals surface area contributed by atoms with Gasteiger partial charge in [-0.1, -0.05) is 45.3 Å². The molecule has 2 aliphatic rings. The molecule has 0 unspecified atom stereocenters. The van der Waals surface area contributed by atoms with E-state index in [0.29, 0.717) is 12.3 Å². The molecule has 0 saturated heterocycles. The highest BCUT2D eigenvalue weighted by Crippen LogP contribution is 2.53. The van der Waals surface area contributed by atoms with E-state index < -0.39 is 0 Å². The van der Waals surface area contributed by atoms with Crippen molar-refractivity contribution in [3.05, 3.63) is 34.9 Å². The van der Waals surface area contributed by atoms with Crippen molar-refractivity contribution in [2.24, 2.45) is 5.92 Å². The number of ether oxygens (including phenoxy) is 2. The predicted molar refractivity (Wildman–Crippen MR) is 136 cm³/mol. The number of unbranched alkanes of at least 4 members (excludes halogenated alkanes) is 2. The van der Waals surface area contributed by atoms with Crippen LogP contribution < -0.4 is 9.47 Å². The van der Waals surface area contributed by atoms with Crippen LogP contribution in [0.3, 0.4) is 0 Å². The Kier molecular flexibility index (Phi) is 9.03. The van der Waals surface area contributed by atoms with Crippen molar-refractivity contribution in [3.63, 3.8) is 0 Å². The molecule has 0 saturated carbocycles. The first-order valence-corrected chi connectivity index (χ1v) is 13.2. The molecule has 0 fully saturated rings. The van der Waals surface area contributed by atoms with Crippen LogP contribution in [0, 0.1) is 5.92 Å². The first-order valence-electron chi connectivity index (χ1n) is 13.2. The van der Waals surface area contributed by atoms with E-state index in [4.69, 9.17) is 9.47 Å². The van der Waals surface area contributed by atoms with E-state index in [-0.39, 0.29) is 17.5 Å². The minimum atomic E-state index is -0.234. The van der Waals surface area contributed by atoms with Crippen molar-refractivity contribution in [3.8, 4) is 11.5 Å². The van der Waals surface area contributed by atoms with Crippen molar-refractivity contribution in [2.45, 2.75) is 104 Å². The van der Waals surface area contributed by atoms with Gasteiger partial charge in [-0.3, -0.25) is 4.79 Å². The fraction of sp³-hybridized carbons (Fsp3) is 0.690. The molecule has 33 heavy (non-hydrogen) atoms. The second-order valence-electron chi connectivity index (χ2n) is 10.5. The maximum absolute atomic E-state index is 12.9. The van der Waals surface area contributed by atoms with Gasteiger partial charge in [0.25, 0.3) is 0 Å². The zero-order valence-electron chi connectivity index (χ0n) is 21.8. The van der Waals surface area contributed by atoms with Gasteiger partial charge in [0.2, 0.25) is 0 Å². The highest BCUT2D eigenvalue weighted by Gasteiger charge is 2.45. The molecular formula is C29H45NO3. The third kappa shape index (κ3) is 6.41. The number of hydrogen-bond acceptors (Lipinski definition) is 4. The monoisotopic (exact) mass is 455 g/mol. The maximum Gasteiger partial charge on any atom is 0.311 e. The molecule has 1 aliphatic carbocycles. The predicted octanol–water partition coefficient (Wildman–Crippen LogP) is 7.06. The van der Waals surface area contributed by atoms with Crippen LogP contribution in [0.4, 0.5) is 0 Å². The van der Waals surface area contributed by atoms with Gasteiger partial charge in [0.15, 0.2) is 0 Å². The Morgan fingerprint density at radius 1 is 1.15 bits per heavy atom. The summed E-state index contributed by atoms with van der Waals surface area (Å²) in [5.74, 6) is 2.13. The minimum absolute atomic E-state index is 0.132. The number of carbonyl (C=O) groups is 1. The summed E-state index contributed by atoms with van der Waals surface area (Å²) in [6, 6.07) is 4.33. The van der Waals surface area contributed by atoms with Crippen LogP contribution in [0.2, 0.25) is 0 Å². The van der Waals surface area contributed by atoms with Crippen LogP contribution in [-0.2, 0) is 11.2 Å². The van der Waals surface area contributed by atoms with Gasteiger partial charge in [-0.25, -0.2) is 0 Å². The molecule has 4 nitrogen and oxygen atoms in total. The first kappa shape index (κ1) is 25.8. The van der Waals surface area contributed by atoms with Crippen LogP contribution in [0.25, 0.3) is 0 Å². The fourth-order valence-corrected chi connectivity index (χ4v) is 5.53. The molecule has 1 aromatic carbocycles. The van der Waals surface area contributed by atoms with Crippen LogP contribution in [0.15, 0.2) is 23.8 Å². The van der Waals surface area contributed by atoms with Crippen molar-refractivity contribution in [1.82, 2.24) is 4.90 Å². The largest absolute Gasteiger partial charge is 0.487 e. The zero-order chi connectivity index (χ0) is 24.0. The Balaban J connectivity index is 1.88. The number of hydrogen-bond donors (Lipinski definition) is 0. The van der Waals surface area contributed by atoms with E-state index >= 15 is 0 Å². The maximum atomic E-state index is 12.9. The third-order valence-corrected chi connectivity index (χ3v) is 7.55. The molecule has 1 aromatic rings. The van der Waals surface area contributed by atoms with Gasteiger partial charge in [0, 0.05) is 23.8 Å². The van der Waals surface area contributed by atoms with Gasteiger partial charge in [-0.15, -0.1) is 0 Å².